The van der Waals surface area contributed by atoms with E-state index in [0.717, 1.165) is 24.0 Å². The molecule has 2 aliphatic rings. The number of nitrogens with zero attached hydrogens (tertiary/aromatic N) is 1. The average Bonchev–Trinajstić information content (AvgIpc) is 3.06. The van der Waals surface area contributed by atoms with E-state index in [1.54, 1.807) is 11.0 Å². The number of hydrogen-bond donors (Lipinski definition) is 3. The molecule has 4 amide bonds. The number of amides is 4. The summed E-state index contributed by atoms with van der Waals surface area (Å²) in [5.74, 6) is -0.876. The topological polar surface area (TPSA) is 134 Å². The van der Waals surface area contributed by atoms with Gasteiger partial charge in [0, 0.05) is 31.7 Å². The minimum atomic E-state index is -1.07. The van der Waals surface area contributed by atoms with Gasteiger partial charge in [0.2, 0.25) is 11.8 Å². The normalized spacial score (nSPS) is 18.1. The van der Waals surface area contributed by atoms with Gasteiger partial charge in [0.15, 0.2) is 0 Å². The summed E-state index contributed by atoms with van der Waals surface area (Å²) in [4.78, 5) is 48.2. The van der Waals surface area contributed by atoms with Gasteiger partial charge in [-0.1, -0.05) is 12.1 Å². The number of aryl methyl sites for hydroxylation is 1. The molecule has 0 radical (unpaired) electrons. The molecule has 31 heavy (non-hydrogen) atoms. The Morgan fingerprint density at radius 2 is 1.94 bits per heavy atom. The van der Waals surface area contributed by atoms with E-state index >= 15 is 0 Å². The second-order valence-electron chi connectivity index (χ2n) is 7.40. The maximum Gasteiger partial charge on any atom is 0.404 e. The van der Waals surface area contributed by atoms with Crippen LogP contribution in [0.1, 0.15) is 40.7 Å². The van der Waals surface area contributed by atoms with Crippen LogP contribution in [0.4, 0.5) is 4.79 Å². The van der Waals surface area contributed by atoms with Crippen LogP contribution in [0.5, 0.6) is 0 Å². The predicted octanol–water partition coefficient (Wildman–Crippen LogP) is 0.681. The fraction of sp³-hybridized carbons (Fsp3) is 0.524. The van der Waals surface area contributed by atoms with Crippen LogP contribution in [-0.2, 0) is 32.0 Å². The number of carbonyl (C=O) groups excluding carboxylic acids is 3. The Hall–Kier alpha value is -2.98. The van der Waals surface area contributed by atoms with Crippen molar-refractivity contribution in [3.63, 3.8) is 0 Å². The van der Waals surface area contributed by atoms with Gasteiger partial charge in [0.1, 0.15) is 6.04 Å². The van der Waals surface area contributed by atoms with Crippen molar-refractivity contribution in [1.82, 2.24) is 15.5 Å². The molecule has 0 aliphatic carbocycles. The highest BCUT2D eigenvalue weighted by Gasteiger charge is 2.39. The zero-order chi connectivity index (χ0) is 22.2. The molecule has 0 bridgehead atoms. The third-order valence-corrected chi connectivity index (χ3v) is 5.31. The van der Waals surface area contributed by atoms with Crippen LogP contribution in [-0.4, -0.2) is 72.8 Å². The first-order valence-corrected chi connectivity index (χ1v) is 10.3. The fourth-order valence-corrected chi connectivity index (χ4v) is 3.80. The fourth-order valence-electron chi connectivity index (χ4n) is 3.80. The summed E-state index contributed by atoms with van der Waals surface area (Å²) in [5.41, 5.74) is 2.61. The lowest BCUT2D eigenvalue weighted by atomic mass is 10.00. The van der Waals surface area contributed by atoms with Crippen molar-refractivity contribution < 1.29 is 33.8 Å². The lowest BCUT2D eigenvalue weighted by molar-refractivity contribution is -0.136. The first kappa shape index (κ1) is 22.7. The maximum atomic E-state index is 12.8. The van der Waals surface area contributed by atoms with Crippen molar-refractivity contribution in [1.29, 1.82) is 0 Å². The van der Waals surface area contributed by atoms with Gasteiger partial charge in [-0.2, -0.15) is 0 Å². The molecule has 1 aromatic rings. The summed E-state index contributed by atoms with van der Waals surface area (Å²) in [6.07, 6.45) is 1.02. The van der Waals surface area contributed by atoms with E-state index in [1.165, 1.54) is 0 Å². The Morgan fingerprint density at radius 3 is 2.68 bits per heavy atom. The van der Waals surface area contributed by atoms with Crippen molar-refractivity contribution in [2.75, 3.05) is 33.0 Å². The Balaban J connectivity index is 1.42. The highest BCUT2D eigenvalue weighted by atomic mass is 16.5. The van der Waals surface area contributed by atoms with Gasteiger partial charge in [-0.3, -0.25) is 19.7 Å². The van der Waals surface area contributed by atoms with Crippen molar-refractivity contribution >= 4 is 23.8 Å². The summed E-state index contributed by atoms with van der Waals surface area (Å²) < 4.78 is 10.8. The minimum absolute atomic E-state index is 0.169. The third-order valence-electron chi connectivity index (χ3n) is 5.31. The second kappa shape index (κ2) is 10.9. The zero-order valence-electron chi connectivity index (χ0n) is 17.2. The molecular formula is C21H27N3O7. The highest BCUT2D eigenvalue weighted by Crippen LogP contribution is 2.30. The van der Waals surface area contributed by atoms with Crippen LogP contribution in [0.25, 0.3) is 0 Å². The number of fused-ring (bicyclic) bond motifs is 1. The van der Waals surface area contributed by atoms with E-state index in [2.05, 4.69) is 10.6 Å². The molecule has 2 heterocycles. The average molecular weight is 433 g/mol. The predicted molar refractivity (Wildman–Crippen MR) is 108 cm³/mol. The first-order valence-electron chi connectivity index (χ1n) is 10.3. The standard InChI is InChI=1S/C21H27N3O7/c25-18-7-6-17(19(26)23-18)24-13-16-14(3-1-5-15(16)20(24)27)4-2-9-30-11-12-31-10-8-22-21(28)29/h1,3,5,17,22H,2,4,6-13H2,(H,28,29)(H,23,25,26). The van der Waals surface area contributed by atoms with Crippen molar-refractivity contribution in [2.24, 2.45) is 0 Å². The Labute approximate surface area is 179 Å². The van der Waals surface area contributed by atoms with Crippen molar-refractivity contribution in [3.8, 4) is 0 Å². The van der Waals surface area contributed by atoms with Gasteiger partial charge in [-0.05, 0) is 36.5 Å². The van der Waals surface area contributed by atoms with E-state index in [4.69, 9.17) is 14.6 Å². The zero-order valence-corrected chi connectivity index (χ0v) is 17.2. The molecule has 3 N–H and O–H groups in total. The molecule has 1 atom stereocenters. The van der Waals surface area contributed by atoms with Crippen LogP contribution < -0.4 is 10.6 Å². The Bertz CT molecular complexity index is 842. The summed E-state index contributed by atoms with van der Waals surface area (Å²) in [6, 6.07) is 5.00. The van der Waals surface area contributed by atoms with E-state index in [0.29, 0.717) is 45.0 Å². The molecule has 1 unspecified atom stereocenters. The number of ether oxygens (including phenoxy) is 2. The molecular weight excluding hydrogens is 406 g/mol. The molecule has 2 aliphatic heterocycles. The second-order valence-corrected chi connectivity index (χ2v) is 7.40. The number of piperidine rings is 1. The van der Waals surface area contributed by atoms with Gasteiger partial charge in [0.25, 0.3) is 5.91 Å². The number of benzene rings is 1. The van der Waals surface area contributed by atoms with E-state index in [9.17, 15) is 19.2 Å². The molecule has 1 fully saturated rings. The molecule has 0 aromatic heterocycles. The summed E-state index contributed by atoms with van der Waals surface area (Å²) in [6.45, 7) is 2.24. The molecule has 1 saturated heterocycles. The van der Waals surface area contributed by atoms with Crippen molar-refractivity contribution in [2.45, 2.75) is 38.3 Å². The largest absolute Gasteiger partial charge is 0.465 e. The SMILES string of the molecule is O=C(O)NCCOCCOCCCc1cccc2c1CN(C1CCC(=O)NC1=O)C2=O. The number of hydrogen-bond acceptors (Lipinski definition) is 6. The van der Waals surface area contributed by atoms with Crippen LogP contribution >= 0.6 is 0 Å². The smallest absolute Gasteiger partial charge is 0.404 e. The number of nitrogens with one attached hydrogen (secondary N) is 2. The van der Waals surface area contributed by atoms with Gasteiger partial charge in [0.05, 0.1) is 19.8 Å². The third kappa shape index (κ3) is 6.02. The molecule has 1 aromatic carbocycles. The lowest BCUT2D eigenvalue weighted by Crippen LogP contribution is -2.52. The van der Waals surface area contributed by atoms with Crippen LogP contribution in [0.15, 0.2) is 18.2 Å². The minimum Gasteiger partial charge on any atom is -0.465 e. The summed E-state index contributed by atoms with van der Waals surface area (Å²) in [7, 11) is 0. The number of carboxylic acid groups (broad SMARTS) is 1. The first-order chi connectivity index (χ1) is 15.0. The number of rotatable bonds is 11. The van der Waals surface area contributed by atoms with Crippen LogP contribution in [0, 0.1) is 0 Å². The lowest BCUT2D eigenvalue weighted by Gasteiger charge is -2.29. The van der Waals surface area contributed by atoms with Gasteiger partial charge in [-0.15, -0.1) is 0 Å². The maximum absolute atomic E-state index is 12.8. The van der Waals surface area contributed by atoms with Gasteiger partial charge >= 0.3 is 6.09 Å². The molecule has 0 spiro atoms. The van der Waals surface area contributed by atoms with E-state index in [1.807, 2.05) is 12.1 Å². The molecule has 3 rings (SSSR count). The number of imide groups is 1. The van der Waals surface area contributed by atoms with E-state index in [-0.39, 0.29) is 24.8 Å². The highest BCUT2D eigenvalue weighted by molar-refractivity contribution is 6.05. The molecule has 10 heteroatoms. The Morgan fingerprint density at radius 1 is 1.16 bits per heavy atom. The summed E-state index contributed by atoms with van der Waals surface area (Å²) >= 11 is 0. The number of carbonyl (C=O) groups is 4. The van der Waals surface area contributed by atoms with Crippen molar-refractivity contribution in [3.05, 3.63) is 34.9 Å². The quantitative estimate of drug-likeness (QED) is 0.345. The molecule has 168 valence electrons. The van der Waals surface area contributed by atoms with Crippen LogP contribution in [0.3, 0.4) is 0 Å². The molecule has 10 nitrogen and oxygen atoms in total. The Kier molecular flexibility index (Phi) is 7.96. The summed E-state index contributed by atoms with van der Waals surface area (Å²) in [5, 5.41) is 13.0. The van der Waals surface area contributed by atoms with Gasteiger partial charge < -0.3 is 24.8 Å². The van der Waals surface area contributed by atoms with Gasteiger partial charge in [-0.25, -0.2) is 4.79 Å². The molecule has 0 saturated carbocycles. The van der Waals surface area contributed by atoms with E-state index < -0.39 is 18.0 Å². The monoisotopic (exact) mass is 433 g/mol. The van der Waals surface area contributed by atoms with Crippen LogP contribution in [0.2, 0.25) is 0 Å².